The average Bonchev–Trinajstić information content (AvgIpc) is 3.65. The van der Waals surface area contributed by atoms with Gasteiger partial charge in [-0.25, -0.2) is 23.2 Å². The van der Waals surface area contributed by atoms with Crippen LogP contribution in [0.3, 0.4) is 0 Å². The number of H-pyrrole nitrogens is 2. The maximum Gasteiger partial charge on any atom is 0.326 e. The van der Waals surface area contributed by atoms with Gasteiger partial charge in [-0.3, -0.25) is 14.7 Å². The number of aromatic nitrogens is 5. The maximum absolute atomic E-state index is 12.9. The highest BCUT2D eigenvalue weighted by atomic mass is 32.2. The highest BCUT2D eigenvalue weighted by molar-refractivity contribution is 7.91. The minimum Gasteiger partial charge on any atom is -0.480 e. The van der Waals surface area contributed by atoms with Crippen LogP contribution in [0.1, 0.15) is 52.6 Å². The Labute approximate surface area is 246 Å². The fraction of sp³-hybridized carbons (Fsp3) is 0.310. The Hall–Kier alpha value is -5.03. The minimum absolute atomic E-state index is 0.0139. The van der Waals surface area contributed by atoms with E-state index in [4.69, 9.17) is 6.42 Å². The number of amides is 1. The number of nitrogens with zero attached hydrogens (tertiary/aromatic N) is 4. The van der Waals surface area contributed by atoms with Crippen molar-refractivity contribution in [3.63, 3.8) is 0 Å². The van der Waals surface area contributed by atoms with Gasteiger partial charge in [0.15, 0.2) is 0 Å². The molecule has 1 aliphatic carbocycles. The van der Waals surface area contributed by atoms with Gasteiger partial charge in [-0.2, -0.15) is 5.10 Å². The average molecular weight is 604 g/mol. The predicted octanol–water partition coefficient (Wildman–Crippen LogP) is 1.91. The van der Waals surface area contributed by atoms with Crippen LogP contribution in [0.4, 0.5) is 5.69 Å². The molecule has 2 aromatic heterocycles. The number of anilines is 1. The lowest BCUT2D eigenvalue weighted by Crippen LogP contribution is -2.41. The van der Waals surface area contributed by atoms with Crippen LogP contribution in [-0.2, 0) is 21.1 Å². The standard InChI is InChI=1S/C29H29N7O6S/c1-3-12-36(25-11-8-19-14-24-22(15-21(19)25)27(38)33-17(2)32-24)20-9-6-18(7-10-20)26(37)34-23(28(39)40)5-4-13-43(41,42)29-30-16-31-35-29/h1,6-7,9-10,14-16,23,25H,4-5,8,11-13H2,2H3,(H,34,37)(H,39,40)(H,30,31,35)(H,32,33,38)/t23-,25+/m0/s1. The first-order valence-corrected chi connectivity index (χ1v) is 15.2. The van der Waals surface area contributed by atoms with E-state index in [0.717, 1.165) is 36.0 Å². The lowest BCUT2D eigenvalue weighted by atomic mass is 10.0. The molecule has 1 amide bonds. The normalized spacial score (nSPS) is 15.0. The molecular weight excluding hydrogens is 574 g/mol. The summed E-state index contributed by atoms with van der Waals surface area (Å²) in [5.41, 5.74) is 3.53. The number of sulfone groups is 1. The number of hydrogen-bond donors (Lipinski definition) is 4. The van der Waals surface area contributed by atoms with Crippen LogP contribution >= 0.6 is 0 Å². The number of carbonyl (C=O) groups is 2. The van der Waals surface area contributed by atoms with E-state index in [2.05, 4.69) is 36.4 Å². The van der Waals surface area contributed by atoms with E-state index in [0.29, 0.717) is 16.7 Å². The van der Waals surface area contributed by atoms with E-state index >= 15 is 0 Å². The second-order valence-electron chi connectivity index (χ2n) is 10.3. The molecule has 2 atom stereocenters. The Morgan fingerprint density at radius 3 is 2.70 bits per heavy atom. The molecule has 1 aliphatic rings. The summed E-state index contributed by atoms with van der Waals surface area (Å²) >= 11 is 0. The first-order valence-electron chi connectivity index (χ1n) is 13.5. The summed E-state index contributed by atoms with van der Waals surface area (Å²) in [7, 11) is -3.75. The van der Waals surface area contributed by atoms with E-state index in [1.54, 1.807) is 31.2 Å². The van der Waals surface area contributed by atoms with Gasteiger partial charge in [-0.15, -0.1) is 6.42 Å². The van der Waals surface area contributed by atoms with Gasteiger partial charge >= 0.3 is 5.97 Å². The molecular formula is C29H29N7O6S. The zero-order valence-electron chi connectivity index (χ0n) is 23.2. The van der Waals surface area contributed by atoms with Crippen molar-refractivity contribution in [1.82, 2.24) is 30.5 Å². The second-order valence-corrected chi connectivity index (χ2v) is 12.3. The van der Waals surface area contributed by atoms with Crippen molar-refractivity contribution in [3.8, 4) is 12.3 Å². The summed E-state index contributed by atoms with van der Waals surface area (Å²) in [4.78, 5) is 50.2. The summed E-state index contributed by atoms with van der Waals surface area (Å²) in [5, 5.41) is 18.1. The van der Waals surface area contributed by atoms with E-state index in [1.807, 2.05) is 17.0 Å². The second kappa shape index (κ2) is 12.1. The van der Waals surface area contributed by atoms with Crippen molar-refractivity contribution in [2.24, 2.45) is 0 Å². The van der Waals surface area contributed by atoms with Crippen LogP contribution in [0.25, 0.3) is 10.9 Å². The smallest absolute Gasteiger partial charge is 0.326 e. The first kappa shape index (κ1) is 29.5. The van der Waals surface area contributed by atoms with Crippen LogP contribution in [0.2, 0.25) is 0 Å². The number of carbonyl (C=O) groups excluding carboxylic acids is 1. The molecule has 0 spiro atoms. The summed E-state index contributed by atoms with van der Waals surface area (Å²) < 4.78 is 24.5. The third-order valence-electron chi connectivity index (χ3n) is 7.43. The molecule has 4 N–H and O–H groups in total. The van der Waals surface area contributed by atoms with Gasteiger partial charge in [0, 0.05) is 11.3 Å². The summed E-state index contributed by atoms with van der Waals surface area (Å²) in [6.45, 7) is 2.03. The topological polar surface area (TPSA) is 191 Å². The molecule has 0 unspecified atom stereocenters. The van der Waals surface area contributed by atoms with E-state index in [-0.39, 0.29) is 47.5 Å². The summed E-state index contributed by atoms with van der Waals surface area (Å²) in [6, 6.07) is 9.08. The van der Waals surface area contributed by atoms with Gasteiger partial charge in [0.1, 0.15) is 18.2 Å². The molecule has 5 rings (SSSR count). The van der Waals surface area contributed by atoms with Crippen molar-refractivity contribution >= 4 is 38.3 Å². The molecule has 14 heteroatoms. The van der Waals surface area contributed by atoms with Crippen LogP contribution < -0.4 is 15.8 Å². The number of nitrogens with one attached hydrogen (secondary N) is 3. The van der Waals surface area contributed by atoms with Crippen LogP contribution in [0, 0.1) is 19.3 Å². The predicted molar refractivity (Wildman–Crippen MR) is 157 cm³/mol. The van der Waals surface area contributed by atoms with Crippen molar-refractivity contribution in [1.29, 1.82) is 0 Å². The number of aliphatic carboxylic acids is 1. The van der Waals surface area contributed by atoms with Gasteiger partial charge in [0.2, 0.25) is 15.0 Å². The number of hydrogen-bond acceptors (Lipinski definition) is 9. The number of carboxylic acid groups (broad SMARTS) is 1. The van der Waals surface area contributed by atoms with Crippen LogP contribution in [0.5, 0.6) is 0 Å². The zero-order chi connectivity index (χ0) is 30.7. The third kappa shape index (κ3) is 6.26. The third-order valence-corrected chi connectivity index (χ3v) is 9.04. The number of aromatic amines is 2. The van der Waals surface area contributed by atoms with Crippen molar-refractivity contribution in [3.05, 3.63) is 75.6 Å². The lowest BCUT2D eigenvalue weighted by Gasteiger charge is -2.30. The molecule has 0 bridgehead atoms. The molecule has 0 saturated carbocycles. The highest BCUT2D eigenvalue weighted by Gasteiger charge is 2.29. The van der Waals surface area contributed by atoms with Gasteiger partial charge in [-0.05, 0) is 80.1 Å². The molecule has 2 heterocycles. The SMILES string of the molecule is C#CCN(c1ccc(C(=O)N[C@@H](CCCS(=O)(=O)c2ncn[nH]2)C(=O)O)cc1)[C@@H]1CCc2cc3nc(C)[nH]c(=O)c3cc21. The number of rotatable bonds is 11. The van der Waals surface area contributed by atoms with Crippen LogP contribution in [-0.4, -0.2) is 68.9 Å². The van der Waals surface area contributed by atoms with Gasteiger partial charge in [0.25, 0.3) is 11.5 Å². The van der Waals surface area contributed by atoms with E-state index in [9.17, 15) is 27.9 Å². The van der Waals surface area contributed by atoms with E-state index in [1.165, 1.54) is 0 Å². The Morgan fingerprint density at radius 1 is 1.26 bits per heavy atom. The minimum atomic E-state index is -3.75. The van der Waals surface area contributed by atoms with Gasteiger partial charge in [0.05, 0.1) is 29.2 Å². The Morgan fingerprint density at radius 2 is 2.02 bits per heavy atom. The maximum atomic E-state index is 12.9. The molecule has 0 aliphatic heterocycles. The molecule has 13 nitrogen and oxygen atoms in total. The van der Waals surface area contributed by atoms with Crippen LogP contribution in [0.15, 0.2) is 52.7 Å². The number of aryl methyl sites for hydroxylation is 2. The number of terminal acetylenes is 1. The molecule has 0 radical (unpaired) electrons. The van der Waals surface area contributed by atoms with Gasteiger partial charge in [-0.1, -0.05) is 5.92 Å². The molecule has 0 fully saturated rings. The number of carboxylic acids is 1. The lowest BCUT2D eigenvalue weighted by molar-refractivity contribution is -0.139. The monoisotopic (exact) mass is 603 g/mol. The molecule has 0 saturated heterocycles. The number of benzene rings is 2. The number of fused-ring (bicyclic) bond motifs is 2. The molecule has 43 heavy (non-hydrogen) atoms. The Bertz CT molecular complexity index is 1880. The fourth-order valence-electron chi connectivity index (χ4n) is 5.36. The summed E-state index contributed by atoms with van der Waals surface area (Å²) in [6.07, 6.45) is 8.24. The van der Waals surface area contributed by atoms with E-state index < -0.39 is 27.8 Å². The quantitative estimate of drug-likeness (QED) is 0.184. The van der Waals surface area contributed by atoms with Gasteiger partial charge < -0.3 is 20.3 Å². The highest BCUT2D eigenvalue weighted by Crippen LogP contribution is 2.39. The van der Waals surface area contributed by atoms with Crippen molar-refractivity contribution in [2.75, 3.05) is 17.2 Å². The fourth-order valence-corrected chi connectivity index (χ4v) is 6.50. The molecule has 4 aromatic rings. The molecule has 2 aromatic carbocycles. The zero-order valence-corrected chi connectivity index (χ0v) is 24.0. The summed E-state index contributed by atoms with van der Waals surface area (Å²) in [5.74, 6) is 1.00. The van der Waals surface area contributed by atoms with Crippen molar-refractivity contribution in [2.45, 2.75) is 49.8 Å². The Kier molecular flexibility index (Phi) is 8.27. The molecule has 222 valence electrons. The van der Waals surface area contributed by atoms with Crippen molar-refractivity contribution < 1.29 is 23.1 Å². The largest absolute Gasteiger partial charge is 0.480 e. The Balaban J connectivity index is 1.29. The first-order chi connectivity index (χ1) is 20.6.